The molecule has 1 saturated carbocycles. The summed E-state index contributed by atoms with van der Waals surface area (Å²) in [6, 6.07) is 0. The molecular formula is C5H10Cl2O2. The first-order valence-corrected chi connectivity index (χ1v) is 2.53. The van der Waals surface area contributed by atoms with E-state index in [2.05, 4.69) is 0 Å². The van der Waals surface area contributed by atoms with E-state index in [9.17, 15) is 4.79 Å². The maximum absolute atomic E-state index is 9.98. The van der Waals surface area contributed by atoms with E-state index in [1.807, 2.05) is 0 Å². The van der Waals surface area contributed by atoms with Crippen LogP contribution in [-0.4, -0.2) is 11.1 Å². The van der Waals surface area contributed by atoms with Crippen molar-refractivity contribution in [1.29, 1.82) is 0 Å². The summed E-state index contributed by atoms with van der Waals surface area (Å²) >= 11 is 0. The molecule has 0 unspecified atom stereocenters. The first kappa shape index (κ1) is 11.8. The molecule has 0 heterocycles. The number of halogens is 2. The summed E-state index contributed by atoms with van der Waals surface area (Å²) in [5.74, 6) is -0.619. The molecule has 0 spiro atoms. The smallest absolute Gasteiger partial charge is 0.306 e. The molecule has 0 bridgehead atoms. The molecule has 0 aromatic heterocycles. The highest BCUT2D eigenvalue weighted by molar-refractivity contribution is 5.85. The van der Waals surface area contributed by atoms with Crippen molar-refractivity contribution < 1.29 is 9.90 Å². The zero-order chi connectivity index (χ0) is 5.28. The minimum Gasteiger partial charge on any atom is -0.481 e. The minimum absolute atomic E-state index is 0. The number of carbonyl (C=O) groups is 1. The SMILES string of the molecule is Cl.Cl.O=C(O)C1CCC1. The quantitative estimate of drug-likeness (QED) is 0.655. The topological polar surface area (TPSA) is 37.3 Å². The third-order valence-corrected chi connectivity index (χ3v) is 1.45. The maximum Gasteiger partial charge on any atom is 0.306 e. The summed E-state index contributed by atoms with van der Waals surface area (Å²) in [5, 5.41) is 8.23. The summed E-state index contributed by atoms with van der Waals surface area (Å²) in [6.07, 6.45) is 2.90. The van der Waals surface area contributed by atoms with Gasteiger partial charge in [-0.3, -0.25) is 4.79 Å². The number of carboxylic acid groups (broad SMARTS) is 1. The van der Waals surface area contributed by atoms with Crippen LogP contribution >= 0.6 is 24.8 Å². The monoisotopic (exact) mass is 172 g/mol. The van der Waals surface area contributed by atoms with Gasteiger partial charge >= 0.3 is 5.97 Å². The third kappa shape index (κ3) is 2.92. The van der Waals surface area contributed by atoms with Crippen LogP contribution < -0.4 is 0 Å². The van der Waals surface area contributed by atoms with Gasteiger partial charge in [-0.1, -0.05) is 6.42 Å². The van der Waals surface area contributed by atoms with Gasteiger partial charge in [0.15, 0.2) is 0 Å². The van der Waals surface area contributed by atoms with E-state index in [0.717, 1.165) is 19.3 Å². The summed E-state index contributed by atoms with van der Waals surface area (Å²) in [7, 11) is 0. The molecule has 1 aliphatic carbocycles. The van der Waals surface area contributed by atoms with Gasteiger partial charge in [0.2, 0.25) is 0 Å². The number of hydrogen-bond donors (Lipinski definition) is 1. The summed E-state index contributed by atoms with van der Waals surface area (Å²) in [4.78, 5) is 9.98. The highest BCUT2D eigenvalue weighted by Gasteiger charge is 2.23. The Bertz CT molecular complexity index is 91.0. The predicted octanol–water partition coefficient (Wildman–Crippen LogP) is 1.71. The van der Waals surface area contributed by atoms with E-state index in [-0.39, 0.29) is 30.7 Å². The van der Waals surface area contributed by atoms with E-state index in [1.54, 1.807) is 0 Å². The van der Waals surface area contributed by atoms with Crippen LogP contribution in [0.25, 0.3) is 0 Å². The van der Waals surface area contributed by atoms with Gasteiger partial charge in [-0.25, -0.2) is 0 Å². The van der Waals surface area contributed by atoms with E-state index in [1.165, 1.54) is 0 Å². The van der Waals surface area contributed by atoms with Gasteiger partial charge in [-0.15, -0.1) is 24.8 Å². The van der Waals surface area contributed by atoms with Gasteiger partial charge in [0.05, 0.1) is 5.92 Å². The van der Waals surface area contributed by atoms with Crippen molar-refractivity contribution >= 4 is 30.8 Å². The number of aliphatic carboxylic acids is 1. The first-order valence-electron chi connectivity index (χ1n) is 2.53. The van der Waals surface area contributed by atoms with Crippen molar-refractivity contribution in [3.8, 4) is 0 Å². The normalized spacial score (nSPS) is 16.4. The molecule has 4 heteroatoms. The third-order valence-electron chi connectivity index (χ3n) is 1.45. The van der Waals surface area contributed by atoms with Crippen molar-refractivity contribution in [3.63, 3.8) is 0 Å². The molecule has 1 aliphatic rings. The minimum atomic E-state index is -0.619. The molecule has 1 rings (SSSR count). The largest absolute Gasteiger partial charge is 0.481 e. The zero-order valence-corrected chi connectivity index (χ0v) is 6.50. The summed E-state index contributed by atoms with van der Waals surface area (Å²) in [6.45, 7) is 0. The standard InChI is InChI=1S/C5H8O2.2ClH/c6-5(7)4-2-1-3-4;;/h4H,1-3H2,(H,6,7);2*1H. The van der Waals surface area contributed by atoms with Crippen molar-refractivity contribution in [2.75, 3.05) is 0 Å². The number of hydrogen-bond acceptors (Lipinski definition) is 1. The van der Waals surface area contributed by atoms with Gasteiger partial charge in [0.25, 0.3) is 0 Å². The molecule has 1 N–H and O–H groups in total. The average molecular weight is 173 g/mol. The Morgan fingerprint density at radius 3 is 1.78 bits per heavy atom. The van der Waals surface area contributed by atoms with Gasteiger partial charge in [0, 0.05) is 0 Å². The summed E-state index contributed by atoms with van der Waals surface area (Å²) < 4.78 is 0. The van der Waals surface area contributed by atoms with Gasteiger partial charge in [0.1, 0.15) is 0 Å². The lowest BCUT2D eigenvalue weighted by atomic mass is 9.86. The van der Waals surface area contributed by atoms with E-state index in [4.69, 9.17) is 5.11 Å². The second kappa shape index (κ2) is 4.89. The van der Waals surface area contributed by atoms with Crippen LogP contribution in [-0.2, 0) is 4.79 Å². The Morgan fingerprint density at radius 1 is 1.33 bits per heavy atom. The van der Waals surface area contributed by atoms with Crippen molar-refractivity contribution in [1.82, 2.24) is 0 Å². The highest BCUT2D eigenvalue weighted by atomic mass is 35.5. The average Bonchev–Trinajstić information content (AvgIpc) is 1.23. The fourth-order valence-electron chi connectivity index (χ4n) is 0.655. The van der Waals surface area contributed by atoms with Gasteiger partial charge in [-0.2, -0.15) is 0 Å². The number of carboxylic acids is 1. The Morgan fingerprint density at radius 2 is 1.78 bits per heavy atom. The molecule has 2 nitrogen and oxygen atoms in total. The predicted molar refractivity (Wildman–Crippen MR) is 39.5 cm³/mol. The molecule has 0 saturated heterocycles. The van der Waals surface area contributed by atoms with Crippen LogP contribution in [0.5, 0.6) is 0 Å². The molecule has 0 atom stereocenters. The Hall–Kier alpha value is 0.0500. The second-order valence-corrected chi connectivity index (χ2v) is 1.97. The molecule has 0 aliphatic heterocycles. The van der Waals surface area contributed by atoms with E-state index < -0.39 is 5.97 Å². The van der Waals surface area contributed by atoms with Gasteiger partial charge < -0.3 is 5.11 Å². The molecule has 0 amide bonds. The van der Waals surface area contributed by atoms with Crippen LogP contribution in [0.15, 0.2) is 0 Å². The van der Waals surface area contributed by atoms with Crippen LogP contribution in [0.2, 0.25) is 0 Å². The molecule has 1 fully saturated rings. The lowest BCUT2D eigenvalue weighted by Gasteiger charge is -2.19. The Kier molecular flexibility index (Phi) is 6.40. The molecule has 0 radical (unpaired) electrons. The first-order chi connectivity index (χ1) is 3.30. The highest BCUT2D eigenvalue weighted by Crippen LogP contribution is 2.25. The van der Waals surface area contributed by atoms with Crippen LogP contribution in [0.1, 0.15) is 19.3 Å². The van der Waals surface area contributed by atoms with Crippen LogP contribution in [0.4, 0.5) is 0 Å². The molecule has 9 heavy (non-hydrogen) atoms. The van der Waals surface area contributed by atoms with Gasteiger partial charge in [-0.05, 0) is 12.8 Å². The van der Waals surface area contributed by atoms with Crippen LogP contribution in [0, 0.1) is 5.92 Å². The number of rotatable bonds is 1. The van der Waals surface area contributed by atoms with E-state index >= 15 is 0 Å². The van der Waals surface area contributed by atoms with Crippen molar-refractivity contribution in [2.24, 2.45) is 5.92 Å². The lowest BCUT2D eigenvalue weighted by Crippen LogP contribution is -2.20. The fourth-order valence-corrected chi connectivity index (χ4v) is 0.655. The Labute approximate surface area is 66.5 Å². The Balaban J connectivity index is 0. The maximum atomic E-state index is 9.98. The second-order valence-electron chi connectivity index (χ2n) is 1.97. The van der Waals surface area contributed by atoms with Crippen molar-refractivity contribution in [2.45, 2.75) is 19.3 Å². The zero-order valence-electron chi connectivity index (χ0n) is 4.87. The lowest BCUT2D eigenvalue weighted by molar-refractivity contribution is -0.144. The molecule has 0 aromatic rings. The van der Waals surface area contributed by atoms with Crippen LogP contribution in [0.3, 0.4) is 0 Å². The van der Waals surface area contributed by atoms with E-state index in [0.29, 0.717) is 0 Å². The molecule has 56 valence electrons. The summed E-state index contributed by atoms with van der Waals surface area (Å²) in [5.41, 5.74) is 0. The molecule has 0 aromatic carbocycles. The fraction of sp³-hybridized carbons (Fsp3) is 0.800. The van der Waals surface area contributed by atoms with Crippen molar-refractivity contribution in [3.05, 3.63) is 0 Å². The molecular weight excluding hydrogens is 163 g/mol.